The van der Waals surface area contributed by atoms with Crippen molar-refractivity contribution in [2.24, 2.45) is 0 Å². The molecular formula is C13H17N3O. The largest absolute Gasteiger partial charge is 0.508 e. The molecule has 2 rings (SSSR count). The highest BCUT2D eigenvalue weighted by molar-refractivity contribution is 5.28. The van der Waals surface area contributed by atoms with Gasteiger partial charge in [-0.05, 0) is 17.7 Å². The third-order valence-electron chi connectivity index (χ3n) is 3.15. The fourth-order valence-electron chi connectivity index (χ4n) is 2.23. The highest BCUT2D eigenvalue weighted by Crippen LogP contribution is 2.25. The van der Waals surface area contributed by atoms with Crippen LogP contribution in [0, 0.1) is 11.3 Å². The summed E-state index contributed by atoms with van der Waals surface area (Å²) in [6.45, 7) is 3.88. The van der Waals surface area contributed by atoms with Gasteiger partial charge < -0.3 is 10.4 Å². The van der Waals surface area contributed by atoms with Gasteiger partial charge in [-0.3, -0.25) is 4.90 Å². The Balaban J connectivity index is 2.15. The van der Waals surface area contributed by atoms with Gasteiger partial charge in [0.1, 0.15) is 5.75 Å². The highest BCUT2D eigenvalue weighted by atomic mass is 16.3. The van der Waals surface area contributed by atoms with Crippen molar-refractivity contribution in [1.29, 1.82) is 5.26 Å². The molecule has 0 amide bonds. The second kappa shape index (κ2) is 5.67. The average Bonchev–Trinajstić information content (AvgIpc) is 2.38. The van der Waals surface area contributed by atoms with Gasteiger partial charge in [-0.1, -0.05) is 12.1 Å². The summed E-state index contributed by atoms with van der Waals surface area (Å²) < 4.78 is 0. The van der Waals surface area contributed by atoms with E-state index >= 15 is 0 Å². The topological polar surface area (TPSA) is 59.3 Å². The fraction of sp³-hybridized carbons (Fsp3) is 0.462. The molecule has 1 aliphatic heterocycles. The monoisotopic (exact) mass is 231 g/mol. The molecule has 0 bridgehead atoms. The lowest BCUT2D eigenvalue weighted by Gasteiger charge is -2.34. The molecule has 0 saturated carbocycles. The summed E-state index contributed by atoms with van der Waals surface area (Å²) in [5.74, 6) is 0.268. The number of rotatable bonds is 3. The normalized spacial score (nSPS) is 18.5. The molecule has 1 aromatic rings. The number of nitrogens with one attached hydrogen (secondary N) is 1. The van der Waals surface area contributed by atoms with Crippen LogP contribution < -0.4 is 5.32 Å². The van der Waals surface area contributed by atoms with E-state index in [1.54, 1.807) is 12.1 Å². The zero-order valence-corrected chi connectivity index (χ0v) is 9.76. The first-order valence-corrected chi connectivity index (χ1v) is 5.92. The Labute approximate surface area is 101 Å². The van der Waals surface area contributed by atoms with Crippen LogP contribution in [0.25, 0.3) is 0 Å². The molecule has 1 heterocycles. The van der Waals surface area contributed by atoms with Gasteiger partial charge in [0.25, 0.3) is 0 Å². The Morgan fingerprint density at radius 1 is 1.29 bits per heavy atom. The molecule has 90 valence electrons. The van der Waals surface area contributed by atoms with E-state index in [-0.39, 0.29) is 11.8 Å². The van der Waals surface area contributed by atoms with Gasteiger partial charge in [-0.15, -0.1) is 0 Å². The van der Waals surface area contributed by atoms with Crippen LogP contribution in [-0.2, 0) is 0 Å². The van der Waals surface area contributed by atoms with Gasteiger partial charge in [0, 0.05) is 32.2 Å². The number of nitrogens with zero attached hydrogens (tertiary/aromatic N) is 2. The first-order chi connectivity index (χ1) is 8.31. The maximum atomic E-state index is 9.29. The van der Waals surface area contributed by atoms with E-state index in [9.17, 15) is 5.11 Å². The Morgan fingerprint density at radius 2 is 1.94 bits per heavy atom. The number of hydrogen-bond acceptors (Lipinski definition) is 4. The summed E-state index contributed by atoms with van der Waals surface area (Å²) in [6, 6.07) is 9.56. The van der Waals surface area contributed by atoms with Crippen molar-refractivity contribution in [1.82, 2.24) is 10.2 Å². The molecule has 1 saturated heterocycles. The first-order valence-electron chi connectivity index (χ1n) is 5.92. The molecule has 0 aliphatic carbocycles. The van der Waals surface area contributed by atoms with Crippen molar-refractivity contribution in [2.75, 3.05) is 26.2 Å². The molecule has 1 aliphatic rings. The van der Waals surface area contributed by atoms with Crippen molar-refractivity contribution >= 4 is 0 Å². The van der Waals surface area contributed by atoms with Crippen LogP contribution in [0.5, 0.6) is 5.75 Å². The third-order valence-corrected chi connectivity index (χ3v) is 3.15. The van der Waals surface area contributed by atoms with E-state index in [0.717, 1.165) is 31.7 Å². The van der Waals surface area contributed by atoms with Gasteiger partial charge in [0.15, 0.2) is 0 Å². The number of piperazine rings is 1. The summed E-state index contributed by atoms with van der Waals surface area (Å²) in [6.07, 6.45) is 0.491. The van der Waals surface area contributed by atoms with E-state index in [1.807, 2.05) is 12.1 Å². The Hall–Kier alpha value is -1.57. The minimum atomic E-state index is 0.141. The molecule has 1 aromatic carbocycles. The second-order valence-electron chi connectivity index (χ2n) is 4.26. The lowest BCUT2D eigenvalue weighted by atomic mass is 10.0. The first kappa shape index (κ1) is 11.9. The van der Waals surface area contributed by atoms with Crippen molar-refractivity contribution in [2.45, 2.75) is 12.5 Å². The van der Waals surface area contributed by atoms with Gasteiger partial charge in [0.2, 0.25) is 0 Å². The van der Waals surface area contributed by atoms with Crippen LogP contribution in [0.15, 0.2) is 24.3 Å². The van der Waals surface area contributed by atoms with Crippen LogP contribution in [-0.4, -0.2) is 36.2 Å². The SMILES string of the molecule is N#CC[C@H](c1ccc(O)cc1)N1CCNCC1. The molecular weight excluding hydrogens is 214 g/mol. The number of nitriles is 1. The minimum Gasteiger partial charge on any atom is -0.508 e. The van der Waals surface area contributed by atoms with Crippen LogP contribution in [0.3, 0.4) is 0 Å². The number of benzene rings is 1. The van der Waals surface area contributed by atoms with Crippen LogP contribution in [0.4, 0.5) is 0 Å². The quantitative estimate of drug-likeness (QED) is 0.822. The average molecular weight is 231 g/mol. The Kier molecular flexibility index (Phi) is 3.97. The van der Waals surface area contributed by atoms with E-state index in [0.29, 0.717) is 6.42 Å². The molecule has 0 aromatic heterocycles. The van der Waals surface area contributed by atoms with Crippen molar-refractivity contribution in [3.63, 3.8) is 0 Å². The summed E-state index contributed by atoms with van der Waals surface area (Å²) in [5, 5.41) is 21.5. The van der Waals surface area contributed by atoms with Gasteiger partial charge in [-0.2, -0.15) is 5.26 Å². The fourth-order valence-corrected chi connectivity index (χ4v) is 2.23. The summed E-state index contributed by atoms with van der Waals surface area (Å²) in [4.78, 5) is 2.33. The summed E-state index contributed by atoms with van der Waals surface area (Å²) in [7, 11) is 0. The van der Waals surface area contributed by atoms with Gasteiger partial charge in [0.05, 0.1) is 12.5 Å². The summed E-state index contributed by atoms with van der Waals surface area (Å²) >= 11 is 0. The third kappa shape index (κ3) is 2.96. The molecule has 4 nitrogen and oxygen atoms in total. The standard InChI is InChI=1S/C13H17N3O/c14-6-5-13(16-9-7-15-8-10-16)11-1-3-12(17)4-2-11/h1-4,13,15,17H,5,7-10H2/t13-/m1/s1. The van der Waals surface area contributed by atoms with Crippen LogP contribution >= 0.6 is 0 Å². The molecule has 1 atom stereocenters. The predicted octanol–water partition coefficient (Wildman–Crippen LogP) is 1.25. The molecule has 1 fully saturated rings. The smallest absolute Gasteiger partial charge is 0.115 e. The van der Waals surface area contributed by atoms with Gasteiger partial charge >= 0.3 is 0 Å². The molecule has 2 N–H and O–H groups in total. The van der Waals surface area contributed by atoms with Gasteiger partial charge in [-0.25, -0.2) is 0 Å². The van der Waals surface area contributed by atoms with Crippen molar-refractivity contribution < 1.29 is 5.11 Å². The number of aromatic hydroxyl groups is 1. The van der Waals surface area contributed by atoms with E-state index in [4.69, 9.17) is 5.26 Å². The number of phenolic OH excluding ortho intramolecular Hbond substituents is 1. The van der Waals surface area contributed by atoms with Crippen molar-refractivity contribution in [3.05, 3.63) is 29.8 Å². The molecule has 0 spiro atoms. The lowest BCUT2D eigenvalue weighted by Crippen LogP contribution is -2.45. The van der Waals surface area contributed by atoms with Crippen LogP contribution in [0.2, 0.25) is 0 Å². The lowest BCUT2D eigenvalue weighted by molar-refractivity contribution is 0.175. The zero-order valence-electron chi connectivity index (χ0n) is 9.76. The van der Waals surface area contributed by atoms with Crippen molar-refractivity contribution in [3.8, 4) is 11.8 Å². The van der Waals surface area contributed by atoms with E-state index < -0.39 is 0 Å². The summed E-state index contributed by atoms with van der Waals surface area (Å²) in [5.41, 5.74) is 1.10. The minimum absolute atomic E-state index is 0.141. The molecule has 4 heteroatoms. The Bertz CT molecular complexity index is 390. The highest BCUT2D eigenvalue weighted by Gasteiger charge is 2.21. The van der Waals surface area contributed by atoms with E-state index in [1.165, 1.54) is 0 Å². The maximum Gasteiger partial charge on any atom is 0.115 e. The zero-order chi connectivity index (χ0) is 12.1. The second-order valence-corrected chi connectivity index (χ2v) is 4.26. The molecule has 17 heavy (non-hydrogen) atoms. The number of hydrogen-bond donors (Lipinski definition) is 2. The predicted molar refractivity (Wildman–Crippen MR) is 65.5 cm³/mol. The van der Waals surface area contributed by atoms with Crippen LogP contribution in [0.1, 0.15) is 18.0 Å². The molecule has 0 unspecified atom stereocenters. The Morgan fingerprint density at radius 3 is 2.53 bits per heavy atom. The molecule has 0 radical (unpaired) electrons. The maximum absolute atomic E-state index is 9.29. The number of phenols is 1. The van der Waals surface area contributed by atoms with E-state index in [2.05, 4.69) is 16.3 Å².